The van der Waals surface area contributed by atoms with Gasteiger partial charge >= 0.3 is 5.97 Å². The van der Waals surface area contributed by atoms with Crippen molar-refractivity contribution in [3.8, 4) is 0 Å². The fraction of sp³-hybridized carbons (Fsp3) is 0.550. The minimum absolute atomic E-state index is 0.170. The molecular weight excluding hydrogens is 368 g/mol. The Hall–Kier alpha value is -2.35. The van der Waals surface area contributed by atoms with Crippen molar-refractivity contribution in [2.75, 3.05) is 0 Å². The molecule has 2 aromatic rings. The maximum atomic E-state index is 14.5. The van der Waals surface area contributed by atoms with Crippen LogP contribution in [0.5, 0.6) is 0 Å². The molecule has 2 N–H and O–H groups in total. The molecule has 0 amide bonds. The maximum absolute atomic E-state index is 14.5. The number of benzene rings is 1. The first-order valence-electron chi connectivity index (χ1n) is 9.61. The molecule has 0 saturated carbocycles. The van der Waals surface area contributed by atoms with E-state index in [9.17, 15) is 23.8 Å². The van der Waals surface area contributed by atoms with Crippen molar-refractivity contribution in [1.29, 1.82) is 0 Å². The van der Waals surface area contributed by atoms with Crippen molar-refractivity contribution in [1.82, 2.24) is 14.8 Å². The fourth-order valence-electron chi connectivity index (χ4n) is 3.48. The van der Waals surface area contributed by atoms with Crippen molar-refractivity contribution in [3.05, 3.63) is 48.1 Å². The lowest BCUT2D eigenvalue weighted by Crippen LogP contribution is -2.44. The average Bonchev–Trinajstić information content (AvgIpc) is 3.13. The SMILES string of the molecule is CCCCCCCCC(C(=O)O)C(O)(Cn1cncn1)c1ccc(F)cc1F. The molecule has 1 heterocycles. The highest BCUT2D eigenvalue weighted by Gasteiger charge is 2.45. The van der Waals surface area contributed by atoms with Gasteiger partial charge < -0.3 is 10.2 Å². The highest BCUT2D eigenvalue weighted by atomic mass is 19.1. The van der Waals surface area contributed by atoms with Crippen LogP contribution in [-0.4, -0.2) is 30.9 Å². The summed E-state index contributed by atoms with van der Waals surface area (Å²) in [5.74, 6) is -4.30. The van der Waals surface area contributed by atoms with Crippen LogP contribution in [-0.2, 0) is 16.9 Å². The van der Waals surface area contributed by atoms with Gasteiger partial charge in [-0.3, -0.25) is 4.79 Å². The van der Waals surface area contributed by atoms with Gasteiger partial charge in [0, 0.05) is 11.6 Å². The van der Waals surface area contributed by atoms with E-state index in [1.54, 1.807) is 0 Å². The van der Waals surface area contributed by atoms with Crippen LogP contribution in [0.4, 0.5) is 8.78 Å². The van der Waals surface area contributed by atoms with Crippen molar-refractivity contribution >= 4 is 5.97 Å². The lowest BCUT2D eigenvalue weighted by atomic mass is 9.78. The molecule has 0 fully saturated rings. The number of carboxylic acid groups (broad SMARTS) is 1. The second kappa shape index (κ2) is 10.3. The van der Waals surface area contributed by atoms with E-state index < -0.39 is 29.1 Å². The van der Waals surface area contributed by atoms with Gasteiger partial charge in [0.25, 0.3) is 0 Å². The van der Waals surface area contributed by atoms with Crippen LogP contribution >= 0.6 is 0 Å². The summed E-state index contributed by atoms with van der Waals surface area (Å²) >= 11 is 0. The largest absolute Gasteiger partial charge is 0.481 e. The van der Waals surface area contributed by atoms with E-state index in [2.05, 4.69) is 17.0 Å². The third-order valence-electron chi connectivity index (χ3n) is 4.99. The van der Waals surface area contributed by atoms with Crippen molar-refractivity contribution in [2.24, 2.45) is 5.92 Å². The van der Waals surface area contributed by atoms with E-state index in [1.807, 2.05) is 0 Å². The zero-order valence-electron chi connectivity index (χ0n) is 16.0. The number of aliphatic carboxylic acids is 1. The van der Waals surface area contributed by atoms with Crippen molar-refractivity contribution in [2.45, 2.75) is 64.0 Å². The minimum atomic E-state index is -2.10. The van der Waals surface area contributed by atoms with Gasteiger partial charge in [-0.2, -0.15) is 5.10 Å². The fourth-order valence-corrected chi connectivity index (χ4v) is 3.48. The number of rotatable bonds is 12. The zero-order chi connectivity index (χ0) is 20.6. The number of nitrogens with zero attached hydrogens (tertiary/aromatic N) is 3. The van der Waals surface area contributed by atoms with Gasteiger partial charge in [-0.05, 0) is 12.5 Å². The lowest BCUT2D eigenvalue weighted by molar-refractivity contribution is -0.155. The molecule has 2 rings (SSSR count). The van der Waals surface area contributed by atoms with Gasteiger partial charge in [0.05, 0.1) is 12.5 Å². The topological polar surface area (TPSA) is 88.2 Å². The summed E-state index contributed by atoms with van der Waals surface area (Å²) in [6, 6.07) is 2.75. The number of hydrogen-bond donors (Lipinski definition) is 2. The predicted octanol–water partition coefficient (Wildman–Crippen LogP) is 3.90. The summed E-state index contributed by atoms with van der Waals surface area (Å²) in [5.41, 5.74) is -2.36. The molecule has 1 aromatic carbocycles. The molecule has 154 valence electrons. The van der Waals surface area contributed by atoms with E-state index in [4.69, 9.17) is 0 Å². The van der Waals surface area contributed by atoms with Crippen LogP contribution in [0.2, 0.25) is 0 Å². The van der Waals surface area contributed by atoms with Gasteiger partial charge in [0.2, 0.25) is 0 Å². The standard InChI is InChI=1S/C20H27F2N3O3/c1-2-3-4-5-6-7-8-17(19(26)27)20(28,12-25-14-23-13-24-25)16-10-9-15(21)11-18(16)22/h9-11,13-14,17,28H,2-8,12H2,1H3,(H,26,27). The molecule has 0 aliphatic rings. The summed E-state index contributed by atoms with van der Waals surface area (Å²) in [6.45, 7) is 1.81. The average molecular weight is 395 g/mol. The first-order chi connectivity index (χ1) is 13.4. The number of carboxylic acids is 1. The summed E-state index contributed by atoms with van der Waals surface area (Å²) in [4.78, 5) is 15.8. The molecule has 0 saturated heterocycles. The van der Waals surface area contributed by atoms with E-state index in [-0.39, 0.29) is 18.5 Å². The van der Waals surface area contributed by atoms with E-state index in [0.29, 0.717) is 12.5 Å². The van der Waals surface area contributed by atoms with Crippen LogP contribution in [0.15, 0.2) is 30.9 Å². The van der Waals surface area contributed by atoms with Crippen LogP contribution in [0.1, 0.15) is 57.4 Å². The summed E-state index contributed by atoms with van der Waals surface area (Å²) < 4.78 is 29.1. The molecule has 2 atom stereocenters. The lowest BCUT2D eigenvalue weighted by Gasteiger charge is -2.34. The third kappa shape index (κ3) is 5.58. The Labute approximate surface area is 163 Å². The molecule has 2 unspecified atom stereocenters. The van der Waals surface area contributed by atoms with E-state index in [1.165, 1.54) is 17.3 Å². The monoisotopic (exact) mass is 395 g/mol. The molecule has 0 spiro atoms. The number of aromatic nitrogens is 3. The van der Waals surface area contributed by atoms with Crippen molar-refractivity contribution in [3.63, 3.8) is 0 Å². The van der Waals surface area contributed by atoms with Crippen molar-refractivity contribution < 1.29 is 23.8 Å². The minimum Gasteiger partial charge on any atom is -0.481 e. The Morgan fingerprint density at radius 1 is 1.21 bits per heavy atom. The molecule has 28 heavy (non-hydrogen) atoms. The molecule has 0 bridgehead atoms. The Balaban J connectivity index is 2.27. The van der Waals surface area contributed by atoms with Crippen LogP contribution in [0.3, 0.4) is 0 Å². The van der Waals surface area contributed by atoms with Gasteiger partial charge in [-0.25, -0.2) is 18.4 Å². The highest BCUT2D eigenvalue weighted by Crippen LogP contribution is 2.37. The first kappa shape index (κ1) is 21.9. The van der Waals surface area contributed by atoms with Crippen LogP contribution < -0.4 is 0 Å². The zero-order valence-corrected chi connectivity index (χ0v) is 16.0. The van der Waals surface area contributed by atoms with Gasteiger partial charge in [0.1, 0.15) is 29.9 Å². The Morgan fingerprint density at radius 2 is 1.93 bits per heavy atom. The highest BCUT2D eigenvalue weighted by molar-refractivity contribution is 5.72. The van der Waals surface area contributed by atoms with Gasteiger partial charge in [0.15, 0.2) is 0 Å². The number of halogens is 2. The third-order valence-corrected chi connectivity index (χ3v) is 4.99. The molecular formula is C20H27F2N3O3. The number of carbonyl (C=O) groups is 1. The second-order valence-corrected chi connectivity index (χ2v) is 7.09. The van der Waals surface area contributed by atoms with Crippen LogP contribution in [0.25, 0.3) is 0 Å². The first-order valence-corrected chi connectivity index (χ1v) is 9.61. The number of unbranched alkanes of at least 4 members (excludes halogenated alkanes) is 5. The Morgan fingerprint density at radius 3 is 2.54 bits per heavy atom. The molecule has 1 aromatic heterocycles. The maximum Gasteiger partial charge on any atom is 0.309 e. The molecule has 8 heteroatoms. The van der Waals surface area contributed by atoms with Crippen LogP contribution in [0, 0.1) is 17.6 Å². The normalized spacial score (nSPS) is 14.6. The smallest absolute Gasteiger partial charge is 0.309 e. The second-order valence-electron chi connectivity index (χ2n) is 7.09. The van der Waals surface area contributed by atoms with Gasteiger partial charge in [-0.1, -0.05) is 51.5 Å². The Bertz CT molecular complexity index is 755. The number of aliphatic hydroxyl groups is 1. The summed E-state index contributed by atoms with van der Waals surface area (Å²) in [6.07, 6.45) is 8.43. The van der Waals surface area contributed by atoms with E-state index in [0.717, 1.165) is 44.2 Å². The summed E-state index contributed by atoms with van der Waals surface area (Å²) in [7, 11) is 0. The molecule has 0 aliphatic heterocycles. The predicted molar refractivity (Wildman–Crippen MR) is 99.4 cm³/mol. The van der Waals surface area contributed by atoms with Gasteiger partial charge in [-0.15, -0.1) is 0 Å². The quantitative estimate of drug-likeness (QED) is 0.532. The number of hydrogen-bond acceptors (Lipinski definition) is 4. The molecule has 0 radical (unpaired) electrons. The summed E-state index contributed by atoms with van der Waals surface area (Å²) in [5, 5.41) is 25.1. The Kier molecular flexibility index (Phi) is 8.04. The molecule has 0 aliphatic carbocycles. The van der Waals surface area contributed by atoms with E-state index >= 15 is 0 Å². The molecule has 6 nitrogen and oxygen atoms in total.